The first-order valence-electron chi connectivity index (χ1n) is 6.59. The van der Waals surface area contributed by atoms with Crippen LogP contribution in [0, 0.1) is 5.92 Å². The summed E-state index contributed by atoms with van der Waals surface area (Å²) in [6.45, 7) is 6.12. The fourth-order valence-electron chi connectivity index (χ4n) is 1.98. The fraction of sp³-hybridized carbons (Fsp3) is 0.643. The summed E-state index contributed by atoms with van der Waals surface area (Å²) in [4.78, 5) is 15.4. The molecule has 0 atom stereocenters. The van der Waals surface area contributed by atoms with E-state index < -0.39 is 0 Å². The molecule has 18 heavy (non-hydrogen) atoms. The molecule has 0 unspecified atom stereocenters. The van der Waals surface area contributed by atoms with Crippen molar-refractivity contribution >= 4 is 33.0 Å². The molecule has 0 spiro atoms. The molecule has 0 radical (unpaired) electrons. The van der Waals surface area contributed by atoms with Gasteiger partial charge in [-0.05, 0) is 59.8 Å². The van der Waals surface area contributed by atoms with Gasteiger partial charge in [-0.3, -0.25) is 9.69 Å². The van der Waals surface area contributed by atoms with E-state index >= 15 is 0 Å². The van der Waals surface area contributed by atoms with Crippen molar-refractivity contribution in [2.45, 2.75) is 39.2 Å². The van der Waals surface area contributed by atoms with Crippen LogP contribution in [0.5, 0.6) is 0 Å². The van der Waals surface area contributed by atoms with Gasteiger partial charge in [0.15, 0.2) is 5.78 Å². The SMILES string of the molecule is CC(C)CCN(CC(=O)c1ccc(Br)s1)C1CC1. The maximum absolute atomic E-state index is 12.2. The number of hydrogen-bond donors (Lipinski definition) is 0. The largest absolute Gasteiger partial charge is 0.293 e. The summed E-state index contributed by atoms with van der Waals surface area (Å²) in [6, 6.07) is 4.54. The van der Waals surface area contributed by atoms with Gasteiger partial charge < -0.3 is 0 Å². The molecule has 2 rings (SSSR count). The van der Waals surface area contributed by atoms with E-state index in [4.69, 9.17) is 0 Å². The zero-order valence-corrected chi connectivity index (χ0v) is 13.4. The average molecular weight is 330 g/mol. The Kier molecular flexibility index (Phi) is 4.98. The third-order valence-corrected chi connectivity index (χ3v) is 4.92. The summed E-state index contributed by atoms with van der Waals surface area (Å²) in [5.74, 6) is 0.971. The number of carbonyl (C=O) groups is 1. The zero-order valence-electron chi connectivity index (χ0n) is 11.0. The van der Waals surface area contributed by atoms with E-state index in [-0.39, 0.29) is 5.78 Å². The second-order valence-electron chi connectivity index (χ2n) is 5.41. The molecule has 0 aliphatic heterocycles. The summed E-state index contributed by atoms with van der Waals surface area (Å²) >= 11 is 4.95. The van der Waals surface area contributed by atoms with Gasteiger partial charge in [0.2, 0.25) is 0 Å². The summed E-state index contributed by atoms with van der Waals surface area (Å²) in [5.41, 5.74) is 0. The number of Topliss-reactive ketones (excluding diaryl/α,β-unsaturated/α-hetero) is 1. The molecule has 1 heterocycles. The van der Waals surface area contributed by atoms with Crippen molar-refractivity contribution in [1.29, 1.82) is 0 Å². The monoisotopic (exact) mass is 329 g/mol. The number of ketones is 1. The summed E-state index contributed by atoms with van der Waals surface area (Å²) in [6.07, 6.45) is 3.71. The molecule has 0 bridgehead atoms. The average Bonchev–Trinajstić information content (AvgIpc) is 3.06. The van der Waals surface area contributed by atoms with Crippen molar-refractivity contribution < 1.29 is 4.79 Å². The zero-order chi connectivity index (χ0) is 13.1. The minimum Gasteiger partial charge on any atom is -0.293 e. The molecule has 2 nitrogen and oxygen atoms in total. The van der Waals surface area contributed by atoms with Crippen LogP contribution in [0.1, 0.15) is 42.8 Å². The van der Waals surface area contributed by atoms with Crippen LogP contribution in [0.4, 0.5) is 0 Å². The molecular weight excluding hydrogens is 310 g/mol. The van der Waals surface area contributed by atoms with Gasteiger partial charge in [-0.25, -0.2) is 0 Å². The topological polar surface area (TPSA) is 20.3 Å². The number of carbonyl (C=O) groups excluding carboxylic acids is 1. The van der Waals surface area contributed by atoms with Crippen LogP contribution in [0.2, 0.25) is 0 Å². The standard InChI is InChI=1S/C14H20BrNOS/c1-10(2)7-8-16(11-3-4-11)9-12(17)13-5-6-14(15)18-13/h5-6,10-11H,3-4,7-9H2,1-2H3. The summed E-state index contributed by atoms with van der Waals surface area (Å²) in [7, 11) is 0. The van der Waals surface area contributed by atoms with Gasteiger partial charge >= 0.3 is 0 Å². The number of nitrogens with zero attached hydrogens (tertiary/aromatic N) is 1. The van der Waals surface area contributed by atoms with Gasteiger partial charge in [0.25, 0.3) is 0 Å². The quantitative estimate of drug-likeness (QED) is 0.698. The van der Waals surface area contributed by atoms with Crippen molar-refractivity contribution in [1.82, 2.24) is 4.90 Å². The highest BCUT2D eigenvalue weighted by molar-refractivity contribution is 9.11. The molecule has 0 N–H and O–H groups in total. The number of halogens is 1. The molecule has 1 saturated carbocycles. The van der Waals surface area contributed by atoms with Crippen molar-refractivity contribution in [3.8, 4) is 0 Å². The highest BCUT2D eigenvalue weighted by Crippen LogP contribution is 2.28. The summed E-state index contributed by atoms with van der Waals surface area (Å²) < 4.78 is 1.03. The fourth-order valence-corrected chi connectivity index (χ4v) is 3.30. The third kappa shape index (κ3) is 4.18. The van der Waals surface area contributed by atoms with Crippen LogP contribution in [0.3, 0.4) is 0 Å². The molecule has 1 aliphatic rings. The van der Waals surface area contributed by atoms with Crippen molar-refractivity contribution in [2.75, 3.05) is 13.1 Å². The lowest BCUT2D eigenvalue weighted by atomic mass is 10.1. The van der Waals surface area contributed by atoms with Gasteiger partial charge in [-0.15, -0.1) is 11.3 Å². The van der Waals surface area contributed by atoms with Crippen LogP contribution in [-0.2, 0) is 0 Å². The first kappa shape index (κ1) is 14.2. The summed E-state index contributed by atoms with van der Waals surface area (Å²) in [5, 5.41) is 0. The number of rotatable bonds is 7. The predicted molar refractivity (Wildman–Crippen MR) is 80.4 cm³/mol. The molecule has 0 amide bonds. The molecule has 1 aromatic heterocycles. The predicted octanol–water partition coefficient (Wildman–Crippen LogP) is 4.20. The van der Waals surface area contributed by atoms with E-state index in [1.807, 2.05) is 12.1 Å². The van der Waals surface area contributed by atoms with Gasteiger partial charge in [-0.1, -0.05) is 13.8 Å². The van der Waals surface area contributed by atoms with E-state index in [9.17, 15) is 4.79 Å². The lowest BCUT2D eigenvalue weighted by molar-refractivity contribution is 0.0924. The minimum atomic E-state index is 0.265. The van der Waals surface area contributed by atoms with E-state index in [0.717, 1.165) is 15.2 Å². The van der Waals surface area contributed by atoms with E-state index in [1.165, 1.54) is 30.6 Å². The highest BCUT2D eigenvalue weighted by Gasteiger charge is 2.30. The lowest BCUT2D eigenvalue weighted by Gasteiger charge is -2.21. The van der Waals surface area contributed by atoms with Crippen LogP contribution in [-0.4, -0.2) is 29.8 Å². The Morgan fingerprint density at radius 3 is 2.72 bits per heavy atom. The Hall–Kier alpha value is -0.190. The van der Waals surface area contributed by atoms with Crippen molar-refractivity contribution in [3.05, 3.63) is 20.8 Å². The molecule has 0 aromatic carbocycles. The Bertz CT molecular complexity index is 412. The molecule has 4 heteroatoms. The lowest BCUT2D eigenvalue weighted by Crippen LogP contribution is -2.33. The third-order valence-electron chi connectivity index (χ3n) is 3.25. The van der Waals surface area contributed by atoms with Crippen molar-refractivity contribution in [2.24, 2.45) is 5.92 Å². The first-order chi connectivity index (χ1) is 8.56. The second-order valence-corrected chi connectivity index (χ2v) is 7.87. The molecule has 1 fully saturated rings. The van der Waals surface area contributed by atoms with E-state index in [2.05, 4.69) is 34.7 Å². The Morgan fingerprint density at radius 2 is 2.22 bits per heavy atom. The number of thiophene rings is 1. The molecular formula is C14H20BrNOS. The maximum Gasteiger partial charge on any atom is 0.186 e. The van der Waals surface area contributed by atoms with Gasteiger partial charge in [-0.2, -0.15) is 0 Å². The van der Waals surface area contributed by atoms with Crippen LogP contribution in [0.15, 0.2) is 15.9 Å². The van der Waals surface area contributed by atoms with Gasteiger partial charge in [0.1, 0.15) is 0 Å². The van der Waals surface area contributed by atoms with Crippen LogP contribution >= 0.6 is 27.3 Å². The van der Waals surface area contributed by atoms with E-state index in [1.54, 1.807) is 0 Å². The van der Waals surface area contributed by atoms with Crippen LogP contribution < -0.4 is 0 Å². The number of hydrogen-bond acceptors (Lipinski definition) is 3. The van der Waals surface area contributed by atoms with E-state index in [0.29, 0.717) is 18.5 Å². The van der Waals surface area contributed by atoms with Crippen LogP contribution in [0.25, 0.3) is 0 Å². The molecule has 0 saturated heterocycles. The maximum atomic E-state index is 12.2. The second kappa shape index (κ2) is 6.31. The molecule has 100 valence electrons. The Morgan fingerprint density at radius 1 is 1.50 bits per heavy atom. The molecule has 1 aliphatic carbocycles. The van der Waals surface area contributed by atoms with Crippen molar-refractivity contribution in [3.63, 3.8) is 0 Å². The first-order valence-corrected chi connectivity index (χ1v) is 8.20. The smallest absolute Gasteiger partial charge is 0.186 e. The van der Waals surface area contributed by atoms with Gasteiger partial charge in [0, 0.05) is 6.04 Å². The Balaban J connectivity index is 1.90. The normalized spacial score (nSPS) is 15.6. The van der Waals surface area contributed by atoms with Gasteiger partial charge in [0.05, 0.1) is 15.2 Å². The minimum absolute atomic E-state index is 0.265. The highest BCUT2D eigenvalue weighted by atomic mass is 79.9. The Labute approximate surface area is 122 Å². The molecule has 1 aromatic rings.